The van der Waals surface area contributed by atoms with Crippen LogP contribution >= 0.6 is 0 Å². The van der Waals surface area contributed by atoms with Crippen LogP contribution < -0.4 is 11.2 Å². The number of rotatable bonds is 2. The molecule has 1 aromatic heterocycles. The molecule has 0 radical (unpaired) electrons. The molecule has 0 spiro atoms. The molecule has 0 bridgehead atoms. The van der Waals surface area contributed by atoms with Gasteiger partial charge in [-0.25, -0.2) is 4.79 Å². The van der Waals surface area contributed by atoms with E-state index in [9.17, 15) is 19.8 Å². The molecule has 1 aromatic rings. The van der Waals surface area contributed by atoms with Gasteiger partial charge in [-0.2, -0.15) is 0 Å². The fourth-order valence-corrected chi connectivity index (χ4v) is 2.27. The number of aliphatic hydroxyl groups excluding tert-OH is 3. The number of aryl methyl sites for hydroxylation is 1. The van der Waals surface area contributed by atoms with Crippen LogP contribution in [-0.2, 0) is 7.05 Å². The summed E-state index contributed by atoms with van der Waals surface area (Å²) in [5.74, 6) is 0. The third-order valence-electron chi connectivity index (χ3n) is 3.42. The highest BCUT2D eigenvalue weighted by molar-refractivity contribution is 5.23. The van der Waals surface area contributed by atoms with Crippen molar-refractivity contribution in [2.45, 2.75) is 25.2 Å². The van der Waals surface area contributed by atoms with Crippen molar-refractivity contribution in [1.82, 2.24) is 9.13 Å². The number of nitrogens with zero attached hydrogens (tertiary/aromatic N) is 2. The van der Waals surface area contributed by atoms with Crippen molar-refractivity contribution in [3.05, 3.63) is 44.2 Å². The first-order valence-corrected chi connectivity index (χ1v) is 5.84. The molecule has 0 aliphatic heterocycles. The molecule has 0 fully saturated rings. The zero-order valence-corrected chi connectivity index (χ0v) is 10.6. The third-order valence-corrected chi connectivity index (χ3v) is 3.42. The quantitative estimate of drug-likeness (QED) is 0.541. The monoisotopic (exact) mass is 268 g/mol. The van der Waals surface area contributed by atoms with Gasteiger partial charge in [0, 0.05) is 18.8 Å². The van der Waals surface area contributed by atoms with Crippen LogP contribution in [-0.4, -0.2) is 43.3 Å². The first-order chi connectivity index (χ1) is 8.88. The summed E-state index contributed by atoms with van der Waals surface area (Å²) in [6.45, 7) is 1.17. The maximum absolute atomic E-state index is 12.0. The summed E-state index contributed by atoms with van der Waals surface area (Å²) in [6.07, 6.45) is 0.360. The Morgan fingerprint density at radius 2 is 1.95 bits per heavy atom. The average molecular weight is 268 g/mol. The van der Waals surface area contributed by atoms with Crippen LogP contribution in [0.4, 0.5) is 0 Å². The molecule has 3 atom stereocenters. The van der Waals surface area contributed by atoms with Crippen molar-refractivity contribution < 1.29 is 15.3 Å². The summed E-state index contributed by atoms with van der Waals surface area (Å²) in [4.78, 5) is 23.6. The second-order valence-electron chi connectivity index (χ2n) is 4.69. The van der Waals surface area contributed by atoms with Crippen LogP contribution in [0.2, 0.25) is 0 Å². The van der Waals surface area contributed by atoms with Gasteiger partial charge in [-0.3, -0.25) is 13.9 Å². The van der Waals surface area contributed by atoms with E-state index in [1.165, 1.54) is 23.9 Å². The summed E-state index contributed by atoms with van der Waals surface area (Å²) in [7, 11) is 1.35. The molecule has 2 rings (SSSR count). The van der Waals surface area contributed by atoms with Crippen LogP contribution in [0.5, 0.6) is 0 Å². The Morgan fingerprint density at radius 1 is 1.32 bits per heavy atom. The standard InChI is InChI=1S/C12H16N2O5/c1-6-4-14(12(19)13(2)11(6)18)8-3-7(5-15)9(16)10(8)17/h3-4,8-10,15-17H,5H2,1-2H3. The summed E-state index contributed by atoms with van der Waals surface area (Å²) >= 11 is 0. The lowest BCUT2D eigenvalue weighted by Gasteiger charge is -2.20. The van der Waals surface area contributed by atoms with Crippen LogP contribution in [0.15, 0.2) is 27.4 Å². The van der Waals surface area contributed by atoms with Gasteiger partial charge in [0.15, 0.2) is 0 Å². The van der Waals surface area contributed by atoms with Crippen molar-refractivity contribution in [3.63, 3.8) is 0 Å². The lowest BCUT2D eigenvalue weighted by molar-refractivity contribution is 0.0268. The first-order valence-electron chi connectivity index (χ1n) is 5.84. The zero-order chi connectivity index (χ0) is 14.3. The van der Waals surface area contributed by atoms with E-state index < -0.39 is 36.1 Å². The third kappa shape index (κ3) is 2.05. The molecule has 3 N–H and O–H groups in total. The summed E-state index contributed by atoms with van der Waals surface area (Å²) < 4.78 is 2.13. The average Bonchev–Trinajstić information content (AvgIpc) is 2.68. The molecule has 1 aliphatic carbocycles. The van der Waals surface area contributed by atoms with Crippen molar-refractivity contribution in [1.29, 1.82) is 0 Å². The van der Waals surface area contributed by atoms with Crippen molar-refractivity contribution in [2.24, 2.45) is 7.05 Å². The summed E-state index contributed by atoms with van der Waals surface area (Å²) in [5, 5.41) is 28.7. The van der Waals surface area contributed by atoms with Crippen LogP contribution in [0.25, 0.3) is 0 Å². The highest BCUT2D eigenvalue weighted by atomic mass is 16.3. The Morgan fingerprint density at radius 3 is 2.47 bits per heavy atom. The van der Waals surface area contributed by atoms with Crippen molar-refractivity contribution in [3.8, 4) is 0 Å². The molecule has 0 amide bonds. The van der Waals surface area contributed by atoms with Crippen LogP contribution in [0.3, 0.4) is 0 Å². The molecular weight excluding hydrogens is 252 g/mol. The number of aliphatic hydroxyl groups is 3. The second kappa shape index (κ2) is 4.76. The Bertz CT molecular complexity index is 643. The van der Waals surface area contributed by atoms with Crippen molar-refractivity contribution in [2.75, 3.05) is 6.61 Å². The summed E-state index contributed by atoms with van der Waals surface area (Å²) in [5.41, 5.74) is -0.367. The molecule has 0 aromatic carbocycles. The van der Waals surface area contributed by atoms with E-state index in [1.807, 2.05) is 0 Å². The topological polar surface area (TPSA) is 105 Å². The van der Waals surface area contributed by atoms with E-state index in [-0.39, 0.29) is 5.57 Å². The molecule has 0 saturated heterocycles. The van der Waals surface area contributed by atoms with Gasteiger partial charge in [0.1, 0.15) is 12.2 Å². The lowest BCUT2D eigenvalue weighted by Crippen LogP contribution is -2.43. The molecule has 1 aliphatic rings. The maximum atomic E-state index is 12.0. The van der Waals surface area contributed by atoms with E-state index in [2.05, 4.69) is 0 Å². The SMILES string of the molecule is Cc1cn(C2C=C(CO)C(O)C2O)c(=O)n(C)c1=O. The predicted octanol–water partition coefficient (Wildman–Crippen LogP) is -1.95. The Labute approximate surface area is 108 Å². The lowest BCUT2D eigenvalue weighted by atomic mass is 10.1. The molecule has 7 nitrogen and oxygen atoms in total. The molecule has 0 saturated carbocycles. The van der Waals surface area contributed by atoms with E-state index in [4.69, 9.17) is 5.11 Å². The van der Waals surface area contributed by atoms with Gasteiger partial charge in [0.2, 0.25) is 0 Å². The summed E-state index contributed by atoms with van der Waals surface area (Å²) in [6, 6.07) is -0.796. The van der Waals surface area contributed by atoms with E-state index >= 15 is 0 Å². The smallest absolute Gasteiger partial charge is 0.331 e. The molecule has 19 heavy (non-hydrogen) atoms. The van der Waals surface area contributed by atoms with E-state index in [0.717, 1.165) is 4.57 Å². The van der Waals surface area contributed by atoms with Gasteiger partial charge < -0.3 is 15.3 Å². The number of hydrogen-bond donors (Lipinski definition) is 3. The van der Waals surface area contributed by atoms with E-state index in [1.54, 1.807) is 6.92 Å². The minimum Gasteiger partial charge on any atom is -0.392 e. The minimum atomic E-state index is -1.23. The van der Waals surface area contributed by atoms with Crippen LogP contribution in [0.1, 0.15) is 11.6 Å². The van der Waals surface area contributed by atoms with Gasteiger partial charge in [-0.05, 0) is 12.5 Å². The Balaban J connectivity index is 2.59. The minimum absolute atomic E-state index is 0.260. The number of aromatic nitrogens is 2. The predicted molar refractivity (Wildman–Crippen MR) is 66.9 cm³/mol. The molecule has 3 unspecified atom stereocenters. The first kappa shape index (κ1) is 13.7. The Hall–Kier alpha value is -1.70. The van der Waals surface area contributed by atoms with Gasteiger partial charge in [0.25, 0.3) is 5.56 Å². The van der Waals surface area contributed by atoms with Gasteiger partial charge >= 0.3 is 5.69 Å². The normalized spacial score (nSPS) is 26.6. The molecular formula is C12H16N2O5. The van der Waals surface area contributed by atoms with Crippen molar-refractivity contribution >= 4 is 0 Å². The Kier molecular flexibility index (Phi) is 3.44. The fourth-order valence-electron chi connectivity index (χ4n) is 2.27. The largest absolute Gasteiger partial charge is 0.392 e. The van der Waals surface area contributed by atoms with Gasteiger partial charge in [0.05, 0.1) is 12.6 Å². The van der Waals surface area contributed by atoms with Gasteiger partial charge in [-0.1, -0.05) is 6.08 Å². The number of hydrogen-bond acceptors (Lipinski definition) is 5. The highest BCUT2D eigenvalue weighted by Crippen LogP contribution is 2.27. The molecule has 1 heterocycles. The molecule has 7 heteroatoms. The highest BCUT2D eigenvalue weighted by Gasteiger charge is 2.36. The zero-order valence-electron chi connectivity index (χ0n) is 10.6. The second-order valence-corrected chi connectivity index (χ2v) is 4.69. The van der Waals surface area contributed by atoms with Crippen LogP contribution in [0, 0.1) is 6.92 Å². The molecule has 104 valence electrons. The fraction of sp³-hybridized carbons (Fsp3) is 0.500. The van der Waals surface area contributed by atoms with Gasteiger partial charge in [-0.15, -0.1) is 0 Å². The van der Waals surface area contributed by atoms with E-state index in [0.29, 0.717) is 5.56 Å². The maximum Gasteiger partial charge on any atom is 0.331 e.